The molecule has 1 amide bonds. The lowest BCUT2D eigenvalue weighted by molar-refractivity contribution is -0.144. The Balaban J connectivity index is 1.85. The molecule has 126 valence electrons. The minimum absolute atomic E-state index is 0.287. The summed E-state index contributed by atoms with van der Waals surface area (Å²) in [4.78, 5) is 30.2. The molecule has 0 radical (unpaired) electrons. The summed E-state index contributed by atoms with van der Waals surface area (Å²) in [5, 5.41) is 11.9. The van der Waals surface area contributed by atoms with Crippen molar-refractivity contribution in [1.29, 1.82) is 0 Å². The number of aliphatic carboxylic acids is 1. The predicted molar refractivity (Wildman–Crippen MR) is 93.1 cm³/mol. The van der Waals surface area contributed by atoms with E-state index in [4.69, 9.17) is 0 Å². The predicted octanol–water partition coefficient (Wildman–Crippen LogP) is 3.44. The third kappa shape index (κ3) is 3.19. The van der Waals surface area contributed by atoms with E-state index in [0.29, 0.717) is 24.6 Å². The Morgan fingerprint density at radius 2 is 2.08 bits per heavy atom. The maximum absolute atomic E-state index is 12.8. The van der Waals surface area contributed by atoms with Crippen molar-refractivity contribution >= 4 is 23.2 Å². The van der Waals surface area contributed by atoms with Gasteiger partial charge in [-0.25, -0.2) is 9.78 Å². The second-order valence-corrected chi connectivity index (χ2v) is 7.19. The van der Waals surface area contributed by atoms with E-state index in [2.05, 4.69) is 4.98 Å². The highest BCUT2D eigenvalue weighted by molar-refractivity contribution is 7.13. The van der Waals surface area contributed by atoms with Gasteiger partial charge in [0, 0.05) is 17.5 Å². The number of amides is 1. The Kier molecular flexibility index (Phi) is 4.66. The van der Waals surface area contributed by atoms with Crippen LogP contribution in [-0.2, 0) is 4.79 Å². The second kappa shape index (κ2) is 6.73. The van der Waals surface area contributed by atoms with Crippen LogP contribution in [0, 0.1) is 12.8 Å². The molecule has 24 heavy (non-hydrogen) atoms. The van der Waals surface area contributed by atoms with E-state index in [1.165, 1.54) is 16.2 Å². The van der Waals surface area contributed by atoms with Crippen LogP contribution in [0.3, 0.4) is 0 Å². The van der Waals surface area contributed by atoms with Crippen LogP contribution in [0.4, 0.5) is 0 Å². The lowest BCUT2D eigenvalue weighted by Crippen LogP contribution is -2.49. The van der Waals surface area contributed by atoms with Crippen LogP contribution >= 0.6 is 11.3 Å². The van der Waals surface area contributed by atoms with Crippen molar-refractivity contribution in [2.24, 2.45) is 5.92 Å². The fourth-order valence-corrected chi connectivity index (χ4v) is 3.96. The van der Waals surface area contributed by atoms with Gasteiger partial charge < -0.3 is 10.0 Å². The van der Waals surface area contributed by atoms with E-state index in [1.807, 2.05) is 38.1 Å². The molecule has 1 aliphatic heterocycles. The average molecular weight is 344 g/mol. The van der Waals surface area contributed by atoms with Crippen molar-refractivity contribution in [2.75, 3.05) is 6.54 Å². The number of likely N-dealkylation sites (tertiary alicyclic amines) is 1. The summed E-state index contributed by atoms with van der Waals surface area (Å²) in [5.41, 5.74) is 2.43. The van der Waals surface area contributed by atoms with Crippen LogP contribution in [0.25, 0.3) is 10.6 Å². The smallest absolute Gasteiger partial charge is 0.326 e. The highest BCUT2D eigenvalue weighted by Crippen LogP contribution is 2.29. The minimum Gasteiger partial charge on any atom is -0.480 e. The second-order valence-electron chi connectivity index (χ2n) is 6.33. The molecule has 1 fully saturated rings. The minimum atomic E-state index is -0.941. The Hall–Kier alpha value is -2.21. The topological polar surface area (TPSA) is 70.5 Å². The number of carboxylic acid groups (broad SMARTS) is 1. The van der Waals surface area contributed by atoms with Gasteiger partial charge in [-0.1, -0.05) is 31.2 Å². The van der Waals surface area contributed by atoms with Gasteiger partial charge in [-0.3, -0.25) is 4.79 Å². The molecule has 0 aliphatic carbocycles. The van der Waals surface area contributed by atoms with Crippen LogP contribution in [0.1, 0.15) is 35.8 Å². The molecule has 0 bridgehead atoms. The molecule has 2 heterocycles. The molecule has 1 aromatic heterocycles. The zero-order valence-electron chi connectivity index (χ0n) is 13.7. The summed E-state index contributed by atoms with van der Waals surface area (Å²) in [6.45, 7) is 4.50. The number of benzene rings is 1. The Bertz CT molecular complexity index is 771. The molecule has 1 aromatic carbocycles. The summed E-state index contributed by atoms with van der Waals surface area (Å²) < 4.78 is 0. The zero-order valence-corrected chi connectivity index (χ0v) is 14.5. The van der Waals surface area contributed by atoms with E-state index >= 15 is 0 Å². The first-order valence-corrected chi connectivity index (χ1v) is 8.90. The van der Waals surface area contributed by atoms with Crippen LogP contribution in [0.15, 0.2) is 29.6 Å². The van der Waals surface area contributed by atoms with Gasteiger partial charge in [-0.05, 0) is 31.2 Å². The fourth-order valence-electron chi connectivity index (χ4n) is 3.07. The molecule has 5 nitrogen and oxygen atoms in total. The highest BCUT2D eigenvalue weighted by Gasteiger charge is 2.35. The number of hydrogen-bond donors (Lipinski definition) is 1. The SMILES string of the molecule is Cc1ccccc1-c1nc(C(=O)N2CCC(C)CC2C(=O)O)cs1. The van der Waals surface area contributed by atoms with Gasteiger partial charge in [0.1, 0.15) is 16.7 Å². The first kappa shape index (κ1) is 16.6. The van der Waals surface area contributed by atoms with Crippen molar-refractivity contribution in [3.8, 4) is 10.6 Å². The van der Waals surface area contributed by atoms with Crippen LogP contribution in [0.5, 0.6) is 0 Å². The number of piperidine rings is 1. The molecule has 6 heteroatoms. The van der Waals surface area contributed by atoms with Crippen molar-refractivity contribution in [3.05, 3.63) is 40.9 Å². The average Bonchev–Trinajstić information content (AvgIpc) is 3.04. The molecule has 3 rings (SSSR count). The molecule has 0 saturated carbocycles. The zero-order chi connectivity index (χ0) is 17.3. The molecule has 2 atom stereocenters. The summed E-state index contributed by atoms with van der Waals surface area (Å²) in [6.07, 6.45) is 1.32. The van der Waals surface area contributed by atoms with E-state index in [1.54, 1.807) is 5.38 Å². The van der Waals surface area contributed by atoms with Gasteiger partial charge in [0.2, 0.25) is 0 Å². The van der Waals surface area contributed by atoms with Gasteiger partial charge in [0.15, 0.2) is 0 Å². The van der Waals surface area contributed by atoms with Gasteiger partial charge in [-0.15, -0.1) is 11.3 Å². The van der Waals surface area contributed by atoms with E-state index < -0.39 is 12.0 Å². The quantitative estimate of drug-likeness (QED) is 0.926. The Morgan fingerprint density at radius 3 is 2.79 bits per heavy atom. The van der Waals surface area contributed by atoms with E-state index in [9.17, 15) is 14.7 Å². The van der Waals surface area contributed by atoms with Crippen molar-refractivity contribution in [2.45, 2.75) is 32.7 Å². The number of rotatable bonds is 3. The molecule has 2 unspecified atom stereocenters. The summed E-state index contributed by atoms with van der Waals surface area (Å²) in [5.74, 6) is -0.914. The largest absolute Gasteiger partial charge is 0.480 e. The number of hydrogen-bond acceptors (Lipinski definition) is 4. The molecular weight excluding hydrogens is 324 g/mol. The maximum atomic E-state index is 12.8. The van der Waals surface area contributed by atoms with Gasteiger partial charge in [0.25, 0.3) is 5.91 Å². The van der Waals surface area contributed by atoms with Gasteiger partial charge in [0.05, 0.1) is 0 Å². The number of carbonyl (C=O) groups excluding carboxylic acids is 1. The van der Waals surface area contributed by atoms with Crippen molar-refractivity contribution in [3.63, 3.8) is 0 Å². The number of aromatic nitrogens is 1. The first-order valence-electron chi connectivity index (χ1n) is 8.02. The lowest BCUT2D eigenvalue weighted by Gasteiger charge is -2.35. The number of thiazole rings is 1. The fraction of sp³-hybridized carbons (Fsp3) is 0.389. The van der Waals surface area contributed by atoms with Gasteiger partial charge in [-0.2, -0.15) is 0 Å². The molecule has 1 aliphatic rings. The third-order valence-corrected chi connectivity index (χ3v) is 5.38. The third-order valence-electron chi connectivity index (χ3n) is 4.51. The number of nitrogens with zero attached hydrogens (tertiary/aromatic N) is 2. The normalized spacial score (nSPS) is 20.8. The Labute approximate surface area is 145 Å². The van der Waals surface area contributed by atoms with Crippen LogP contribution < -0.4 is 0 Å². The molecule has 1 N–H and O–H groups in total. The van der Waals surface area contributed by atoms with Crippen molar-refractivity contribution < 1.29 is 14.7 Å². The van der Waals surface area contributed by atoms with Crippen LogP contribution in [-0.4, -0.2) is 39.5 Å². The highest BCUT2D eigenvalue weighted by atomic mass is 32.1. The first-order chi connectivity index (χ1) is 11.5. The molecule has 0 spiro atoms. The monoisotopic (exact) mass is 344 g/mol. The molecule has 2 aromatic rings. The summed E-state index contributed by atoms with van der Waals surface area (Å²) in [7, 11) is 0. The lowest BCUT2D eigenvalue weighted by atomic mass is 9.92. The van der Waals surface area contributed by atoms with Gasteiger partial charge >= 0.3 is 5.97 Å². The molecule has 1 saturated heterocycles. The van der Waals surface area contributed by atoms with E-state index in [-0.39, 0.29) is 5.91 Å². The summed E-state index contributed by atoms with van der Waals surface area (Å²) >= 11 is 1.41. The maximum Gasteiger partial charge on any atom is 0.326 e. The van der Waals surface area contributed by atoms with Crippen molar-refractivity contribution in [1.82, 2.24) is 9.88 Å². The summed E-state index contributed by atoms with van der Waals surface area (Å²) in [6, 6.07) is 7.13. The molecular formula is C18H20N2O3S. The standard InChI is InChI=1S/C18H20N2O3S/c1-11-7-8-20(15(9-11)18(22)23)17(21)14-10-24-16(19-14)13-6-4-3-5-12(13)2/h3-6,10-11,15H,7-9H2,1-2H3,(H,22,23). The number of carbonyl (C=O) groups is 2. The number of carboxylic acids is 1. The Morgan fingerprint density at radius 1 is 1.33 bits per heavy atom. The van der Waals surface area contributed by atoms with Crippen LogP contribution in [0.2, 0.25) is 0 Å². The van der Waals surface area contributed by atoms with E-state index in [0.717, 1.165) is 22.6 Å². The number of aryl methyl sites for hydroxylation is 1.